The molecule has 0 atom stereocenters. The molecular formula is C25H19F4N7O3. The van der Waals surface area contributed by atoms with Gasteiger partial charge in [0.1, 0.15) is 11.6 Å². The lowest BCUT2D eigenvalue weighted by Crippen LogP contribution is -2.37. The van der Waals surface area contributed by atoms with E-state index < -0.39 is 23.9 Å². The van der Waals surface area contributed by atoms with Gasteiger partial charge in [-0.15, -0.1) is 5.06 Å². The Bertz CT molecular complexity index is 1540. The van der Waals surface area contributed by atoms with Crippen LogP contribution in [0.2, 0.25) is 0 Å². The molecule has 1 amide bonds. The average molecular weight is 541 g/mol. The Morgan fingerprint density at radius 1 is 1.08 bits per heavy atom. The smallest absolute Gasteiger partial charge is 0.339 e. The van der Waals surface area contributed by atoms with Crippen LogP contribution in [0.4, 0.5) is 46.4 Å². The Balaban J connectivity index is 1.71. The lowest BCUT2D eigenvalue weighted by molar-refractivity contribution is -0.201. The standard InChI is InChI=1S/C25H19F4N7O3/c1-3-21(37)36(39-23(38)25(27,28)29)19-9-5-8-17(11-19)32-22-20(15-6-4-7-16(26)10-15)13-30-24(34-22)33-18-12-31-35(2)14-18/h3-14H,1H2,2H3,(H2,30,32,33,34). The molecule has 2 aromatic heterocycles. The molecule has 0 saturated heterocycles. The zero-order valence-corrected chi connectivity index (χ0v) is 20.1. The number of amides is 1. The van der Waals surface area contributed by atoms with Crippen LogP contribution in [0, 0.1) is 5.82 Å². The summed E-state index contributed by atoms with van der Waals surface area (Å²) in [6.45, 7) is 3.22. The van der Waals surface area contributed by atoms with E-state index in [2.05, 4.69) is 37.1 Å². The van der Waals surface area contributed by atoms with E-state index in [1.165, 1.54) is 48.7 Å². The van der Waals surface area contributed by atoms with Crippen LogP contribution in [0.15, 0.2) is 79.8 Å². The van der Waals surface area contributed by atoms with Gasteiger partial charge < -0.3 is 15.5 Å². The van der Waals surface area contributed by atoms with E-state index >= 15 is 0 Å². The van der Waals surface area contributed by atoms with Gasteiger partial charge in [0.25, 0.3) is 5.91 Å². The fourth-order valence-electron chi connectivity index (χ4n) is 3.31. The van der Waals surface area contributed by atoms with Gasteiger partial charge in [0, 0.05) is 30.7 Å². The van der Waals surface area contributed by atoms with Crippen LogP contribution in [0.25, 0.3) is 11.1 Å². The van der Waals surface area contributed by atoms with Crippen molar-refractivity contribution in [2.75, 3.05) is 15.7 Å². The highest BCUT2D eigenvalue weighted by Crippen LogP contribution is 2.32. The fourth-order valence-corrected chi connectivity index (χ4v) is 3.31. The second kappa shape index (κ2) is 11.0. The van der Waals surface area contributed by atoms with Crippen molar-refractivity contribution >= 4 is 40.7 Å². The molecule has 0 aliphatic heterocycles. The Hall–Kier alpha value is -5.27. The monoisotopic (exact) mass is 541 g/mol. The number of rotatable bonds is 7. The molecule has 0 radical (unpaired) electrons. The van der Waals surface area contributed by atoms with Crippen molar-refractivity contribution in [3.05, 3.63) is 85.6 Å². The lowest BCUT2D eigenvalue weighted by Gasteiger charge is -2.21. The number of carbonyl (C=O) groups is 2. The van der Waals surface area contributed by atoms with Crippen molar-refractivity contribution in [1.29, 1.82) is 0 Å². The summed E-state index contributed by atoms with van der Waals surface area (Å²) >= 11 is 0. The van der Waals surface area contributed by atoms with Crippen molar-refractivity contribution < 1.29 is 32.0 Å². The number of benzene rings is 2. The quantitative estimate of drug-likeness (QED) is 0.190. The summed E-state index contributed by atoms with van der Waals surface area (Å²) in [5, 5.41) is 10.2. The van der Waals surface area contributed by atoms with E-state index in [1.54, 1.807) is 30.2 Å². The third kappa shape index (κ3) is 6.54. The van der Waals surface area contributed by atoms with Gasteiger partial charge >= 0.3 is 12.1 Å². The first kappa shape index (κ1) is 26.8. The number of hydroxylamine groups is 1. The van der Waals surface area contributed by atoms with Crippen LogP contribution < -0.4 is 15.7 Å². The minimum absolute atomic E-state index is 0.157. The number of aromatic nitrogens is 4. The summed E-state index contributed by atoms with van der Waals surface area (Å²) in [4.78, 5) is 36.6. The normalized spacial score (nSPS) is 11.0. The first-order valence-electron chi connectivity index (χ1n) is 11.0. The van der Waals surface area contributed by atoms with Gasteiger partial charge in [-0.3, -0.25) is 9.48 Å². The van der Waals surface area contributed by atoms with Crippen molar-refractivity contribution in [3.63, 3.8) is 0 Å². The highest BCUT2D eigenvalue weighted by Gasteiger charge is 2.43. The molecule has 0 aliphatic rings. The zero-order valence-electron chi connectivity index (χ0n) is 20.1. The lowest BCUT2D eigenvalue weighted by atomic mass is 10.1. The molecule has 2 aromatic carbocycles. The molecular weight excluding hydrogens is 522 g/mol. The molecule has 2 N–H and O–H groups in total. The summed E-state index contributed by atoms with van der Waals surface area (Å²) < 4.78 is 53.9. The molecule has 4 rings (SSSR count). The van der Waals surface area contributed by atoms with Crippen LogP contribution in [0.3, 0.4) is 0 Å². The summed E-state index contributed by atoms with van der Waals surface area (Å²) in [6, 6.07) is 11.1. The zero-order chi connectivity index (χ0) is 28.2. The molecule has 0 fully saturated rings. The van der Waals surface area contributed by atoms with Gasteiger partial charge in [-0.05, 0) is 42.0 Å². The number of hydrogen-bond acceptors (Lipinski definition) is 8. The Morgan fingerprint density at radius 2 is 1.85 bits per heavy atom. The Morgan fingerprint density at radius 3 is 2.51 bits per heavy atom. The maximum Gasteiger partial charge on any atom is 0.493 e. The van der Waals surface area contributed by atoms with Gasteiger partial charge in [0.15, 0.2) is 0 Å². The highest BCUT2D eigenvalue weighted by molar-refractivity contribution is 6.01. The van der Waals surface area contributed by atoms with E-state index in [0.717, 1.165) is 0 Å². The first-order chi connectivity index (χ1) is 18.5. The third-order valence-corrected chi connectivity index (χ3v) is 5.01. The number of anilines is 5. The summed E-state index contributed by atoms with van der Waals surface area (Å²) in [6.07, 6.45) is 0.0354. The summed E-state index contributed by atoms with van der Waals surface area (Å²) in [5.41, 5.74) is 1.44. The number of alkyl halides is 3. The van der Waals surface area contributed by atoms with E-state index in [9.17, 15) is 27.2 Å². The summed E-state index contributed by atoms with van der Waals surface area (Å²) in [5.74, 6) is -3.86. The van der Waals surface area contributed by atoms with Crippen LogP contribution >= 0.6 is 0 Å². The predicted molar refractivity (Wildman–Crippen MR) is 133 cm³/mol. The minimum Gasteiger partial charge on any atom is -0.339 e. The maximum atomic E-state index is 14.0. The summed E-state index contributed by atoms with van der Waals surface area (Å²) in [7, 11) is 1.73. The van der Waals surface area contributed by atoms with Gasteiger partial charge in [-0.2, -0.15) is 23.3 Å². The fraction of sp³-hybridized carbons (Fsp3) is 0.0800. The van der Waals surface area contributed by atoms with Crippen molar-refractivity contribution in [1.82, 2.24) is 19.7 Å². The molecule has 4 aromatic rings. The first-order valence-corrected chi connectivity index (χ1v) is 11.0. The number of aryl methyl sites for hydroxylation is 1. The van der Waals surface area contributed by atoms with Crippen molar-refractivity contribution in [3.8, 4) is 11.1 Å². The molecule has 0 spiro atoms. The molecule has 0 bridgehead atoms. The Kier molecular flexibility index (Phi) is 7.56. The van der Waals surface area contributed by atoms with E-state index in [4.69, 9.17) is 0 Å². The average Bonchev–Trinajstić information content (AvgIpc) is 3.30. The minimum atomic E-state index is -5.34. The maximum absolute atomic E-state index is 14.0. The van der Waals surface area contributed by atoms with Crippen molar-refractivity contribution in [2.45, 2.75) is 6.18 Å². The number of hydrogen-bond donors (Lipinski definition) is 2. The van der Waals surface area contributed by atoms with Crippen molar-refractivity contribution in [2.24, 2.45) is 7.05 Å². The molecule has 39 heavy (non-hydrogen) atoms. The molecule has 14 heteroatoms. The molecule has 0 unspecified atom stereocenters. The number of carbonyl (C=O) groups excluding carboxylic acids is 2. The predicted octanol–water partition coefficient (Wildman–Crippen LogP) is 5.04. The van der Waals surface area contributed by atoms with Gasteiger partial charge in [-0.25, -0.2) is 14.2 Å². The van der Waals surface area contributed by atoms with Crippen LogP contribution in [0.5, 0.6) is 0 Å². The number of halogens is 4. The van der Waals surface area contributed by atoms with Gasteiger partial charge in [0.2, 0.25) is 5.95 Å². The second-order valence-corrected chi connectivity index (χ2v) is 7.88. The van der Waals surface area contributed by atoms with Crippen LogP contribution in [-0.4, -0.2) is 37.8 Å². The topological polar surface area (TPSA) is 114 Å². The molecule has 200 valence electrons. The molecule has 10 nitrogen and oxygen atoms in total. The second-order valence-electron chi connectivity index (χ2n) is 7.88. The van der Waals surface area contributed by atoms with E-state index in [0.29, 0.717) is 22.9 Å². The molecule has 0 aliphatic carbocycles. The van der Waals surface area contributed by atoms with Crippen LogP contribution in [-0.2, 0) is 21.5 Å². The van der Waals surface area contributed by atoms with E-state index in [-0.39, 0.29) is 28.2 Å². The largest absolute Gasteiger partial charge is 0.493 e. The number of nitrogens with zero attached hydrogens (tertiary/aromatic N) is 5. The SMILES string of the molecule is C=CC(=O)N(OC(=O)C(F)(F)F)c1cccc(Nc2nc(Nc3cnn(C)c3)ncc2-c2cccc(F)c2)c1. The molecule has 2 heterocycles. The Labute approximate surface area is 218 Å². The highest BCUT2D eigenvalue weighted by atomic mass is 19.4. The van der Waals surface area contributed by atoms with Gasteiger partial charge in [0.05, 0.1) is 17.6 Å². The third-order valence-electron chi connectivity index (χ3n) is 5.01. The van der Waals surface area contributed by atoms with Gasteiger partial charge in [-0.1, -0.05) is 24.8 Å². The van der Waals surface area contributed by atoms with E-state index in [1.807, 2.05) is 0 Å². The number of nitrogens with one attached hydrogen (secondary N) is 2. The molecule has 0 saturated carbocycles. The van der Waals surface area contributed by atoms with Crippen LogP contribution in [0.1, 0.15) is 0 Å².